The van der Waals surface area contributed by atoms with Gasteiger partial charge in [-0.3, -0.25) is 4.79 Å². The van der Waals surface area contributed by atoms with Gasteiger partial charge in [-0.05, 0) is 55.8 Å². The Labute approximate surface area is 160 Å². The number of nitrogens with zero attached hydrogens (tertiary/aromatic N) is 2. The molecule has 4 saturated carbocycles. The van der Waals surface area contributed by atoms with Crippen LogP contribution in [-0.4, -0.2) is 17.2 Å². The molecule has 0 aromatic heterocycles. The average molecular weight is 356 g/mol. The van der Waals surface area contributed by atoms with Crippen LogP contribution in [0, 0.1) is 23.7 Å². The van der Waals surface area contributed by atoms with Crippen LogP contribution in [0.1, 0.15) is 48.0 Å². The molecule has 0 heterocycles. The lowest BCUT2D eigenvalue weighted by Crippen LogP contribution is -2.45. The highest BCUT2D eigenvalue weighted by Gasteiger charge is 2.46. The zero-order valence-corrected chi connectivity index (χ0v) is 15.4. The first-order valence-corrected chi connectivity index (χ1v) is 10.1. The van der Waals surface area contributed by atoms with Crippen molar-refractivity contribution in [3.8, 4) is 0 Å². The zero-order valence-electron chi connectivity index (χ0n) is 15.4. The van der Waals surface area contributed by atoms with E-state index in [0.717, 1.165) is 17.4 Å². The van der Waals surface area contributed by atoms with Crippen LogP contribution in [0.4, 0.5) is 0 Å². The van der Waals surface area contributed by atoms with Crippen LogP contribution in [0.2, 0.25) is 0 Å². The van der Waals surface area contributed by atoms with E-state index in [-0.39, 0.29) is 5.78 Å². The SMILES string of the molecule is O=C(/C(=N\N=C1C2CC3CC(C2)CC1C3)c1ccccc1)c1ccccc1. The highest BCUT2D eigenvalue weighted by atomic mass is 16.1. The summed E-state index contributed by atoms with van der Waals surface area (Å²) in [5.41, 5.74) is 3.20. The molecule has 0 unspecified atom stereocenters. The van der Waals surface area contributed by atoms with E-state index >= 15 is 0 Å². The van der Waals surface area contributed by atoms with Gasteiger partial charge in [0.05, 0.1) is 0 Å². The lowest BCUT2D eigenvalue weighted by Gasteiger charge is -2.50. The Hall–Kier alpha value is -2.55. The van der Waals surface area contributed by atoms with Gasteiger partial charge in [0.2, 0.25) is 5.78 Å². The Balaban J connectivity index is 1.52. The van der Waals surface area contributed by atoms with Crippen LogP contribution >= 0.6 is 0 Å². The summed E-state index contributed by atoms with van der Waals surface area (Å²) in [4.78, 5) is 13.1. The molecule has 2 aromatic rings. The molecule has 0 amide bonds. The molecule has 0 saturated heterocycles. The van der Waals surface area contributed by atoms with Crippen molar-refractivity contribution in [3.05, 3.63) is 71.8 Å². The van der Waals surface area contributed by atoms with E-state index in [9.17, 15) is 4.79 Å². The third-order valence-corrected chi connectivity index (χ3v) is 6.54. The topological polar surface area (TPSA) is 41.8 Å². The summed E-state index contributed by atoms with van der Waals surface area (Å²) in [6.07, 6.45) is 6.51. The number of hydrogen-bond donors (Lipinski definition) is 0. The van der Waals surface area contributed by atoms with Gasteiger partial charge in [0.15, 0.2) is 0 Å². The average Bonchev–Trinajstić information content (AvgIpc) is 2.70. The molecule has 136 valence electrons. The molecule has 0 aliphatic heterocycles. The van der Waals surface area contributed by atoms with E-state index in [1.165, 1.54) is 37.8 Å². The second-order valence-corrected chi connectivity index (χ2v) is 8.34. The number of hydrogen-bond acceptors (Lipinski definition) is 3. The first-order chi connectivity index (χ1) is 13.3. The summed E-state index contributed by atoms with van der Waals surface area (Å²) in [5, 5.41) is 9.30. The summed E-state index contributed by atoms with van der Waals surface area (Å²) in [6, 6.07) is 19.1. The van der Waals surface area contributed by atoms with Crippen molar-refractivity contribution in [2.45, 2.75) is 32.1 Å². The fourth-order valence-corrected chi connectivity index (χ4v) is 5.49. The summed E-state index contributed by atoms with van der Waals surface area (Å²) in [7, 11) is 0. The second-order valence-electron chi connectivity index (χ2n) is 8.34. The maximum absolute atomic E-state index is 13.1. The van der Waals surface area contributed by atoms with Crippen LogP contribution in [0.3, 0.4) is 0 Å². The Morgan fingerprint density at radius 2 is 1.22 bits per heavy atom. The Morgan fingerprint density at radius 3 is 1.78 bits per heavy atom. The number of benzene rings is 2. The molecule has 6 rings (SSSR count). The van der Waals surface area contributed by atoms with Crippen LogP contribution < -0.4 is 0 Å². The molecular formula is C24H24N2O. The number of rotatable bonds is 4. The van der Waals surface area contributed by atoms with E-state index in [1.54, 1.807) is 0 Å². The minimum Gasteiger partial charge on any atom is -0.287 e. The van der Waals surface area contributed by atoms with Crippen LogP contribution in [0.25, 0.3) is 0 Å². The lowest BCUT2D eigenvalue weighted by atomic mass is 9.55. The lowest BCUT2D eigenvalue weighted by molar-refractivity contribution is 0.106. The molecular weight excluding hydrogens is 332 g/mol. The maximum atomic E-state index is 13.1. The minimum atomic E-state index is -0.0602. The Bertz CT molecular complexity index is 868. The molecule has 4 aliphatic carbocycles. The van der Waals surface area contributed by atoms with Crippen molar-refractivity contribution in [2.24, 2.45) is 33.9 Å². The van der Waals surface area contributed by atoms with Crippen molar-refractivity contribution in [1.29, 1.82) is 0 Å². The Morgan fingerprint density at radius 1 is 0.704 bits per heavy atom. The van der Waals surface area contributed by atoms with Crippen LogP contribution in [0.5, 0.6) is 0 Å². The maximum Gasteiger partial charge on any atom is 0.213 e. The smallest absolute Gasteiger partial charge is 0.213 e. The molecule has 0 N–H and O–H groups in total. The highest BCUT2D eigenvalue weighted by molar-refractivity contribution is 6.51. The number of Topliss-reactive ketones (excluding diaryl/α,β-unsaturated/α-hetero) is 1. The zero-order chi connectivity index (χ0) is 18.2. The number of carbonyl (C=O) groups excluding carboxylic acids is 1. The first kappa shape index (κ1) is 16.6. The number of carbonyl (C=O) groups is 1. The summed E-state index contributed by atoms with van der Waals surface area (Å²) >= 11 is 0. The molecule has 3 nitrogen and oxygen atoms in total. The van der Waals surface area contributed by atoms with Crippen molar-refractivity contribution in [2.75, 3.05) is 0 Å². The predicted molar refractivity (Wildman–Crippen MR) is 108 cm³/mol. The van der Waals surface area contributed by atoms with Crippen molar-refractivity contribution >= 4 is 17.2 Å². The van der Waals surface area contributed by atoms with Gasteiger partial charge in [-0.25, -0.2) is 0 Å². The van der Waals surface area contributed by atoms with E-state index in [1.807, 2.05) is 60.7 Å². The van der Waals surface area contributed by atoms with Gasteiger partial charge in [-0.15, -0.1) is 5.10 Å². The second kappa shape index (κ2) is 6.88. The van der Waals surface area contributed by atoms with E-state index in [2.05, 4.69) is 5.10 Å². The van der Waals surface area contributed by atoms with Gasteiger partial charge in [-0.2, -0.15) is 5.10 Å². The largest absolute Gasteiger partial charge is 0.287 e. The predicted octanol–water partition coefficient (Wildman–Crippen LogP) is 5.17. The molecule has 2 aromatic carbocycles. The fraction of sp³-hybridized carbons (Fsp3) is 0.375. The summed E-state index contributed by atoms with van der Waals surface area (Å²) < 4.78 is 0. The van der Waals surface area contributed by atoms with Crippen molar-refractivity contribution in [3.63, 3.8) is 0 Å². The van der Waals surface area contributed by atoms with E-state index in [0.29, 0.717) is 23.1 Å². The molecule has 3 heteroatoms. The third kappa shape index (κ3) is 3.16. The molecule has 4 fully saturated rings. The molecule has 4 aliphatic rings. The monoisotopic (exact) mass is 356 g/mol. The summed E-state index contributed by atoms with van der Waals surface area (Å²) in [6.45, 7) is 0. The highest BCUT2D eigenvalue weighted by Crippen LogP contribution is 2.52. The minimum absolute atomic E-state index is 0.0602. The van der Waals surface area contributed by atoms with Gasteiger partial charge in [0.1, 0.15) is 5.71 Å². The normalized spacial score (nSPS) is 29.0. The molecule has 4 bridgehead atoms. The summed E-state index contributed by atoms with van der Waals surface area (Å²) in [5.74, 6) is 2.92. The fourth-order valence-electron chi connectivity index (χ4n) is 5.49. The molecule has 0 radical (unpaired) electrons. The van der Waals surface area contributed by atoms with Crippen LogP contribution in [0.15, 0.2) is 70.9 Å². The third-order valence-electron chi connectivity index (χ3n) is 6.54. The van der Waals surface area contributed by atoms with Gasteiger partial charge < -0.3 is 0 Å². The van der Waals surface area contributed by atoms with E-state index < -0.39 is 0 Å². The van der Waals surface area contributed by atoms with Crippen molar-refractivity contribution in [1.82, 2.24) is 0 Å². The van der Waals surface area contributed by atoms with Crippen LogP contribution in [-0.2, 0) is 0 Å². The van der Waals surface area contributed by atoms with Gasteiger partial charge in [0, 0.05) is 16.8 Å². The first-order valence-electron chi connectivity index (χ1n) is 10.1. The Kier molecular flexibility index (Phi) is 4.23. The quantitative estimate of drug-likeness (QED) is 0.423. The molecule has 0 spiro atoms. The molecule has 27 heavy (non-hydrogen) atoms. The van der Waals surface area contributed by atoms with Gasteiger partial charge in [0.25, 0.3) is 0 Å². The van der Waals surface area contributed by atoms with Gasteiger partial charge >= 0.3 is 0 Å². The van der Waals surface area contributed by atoms with Crippen molar-refractivity contribution < 1.29 is 4.79 Å². The number of ketones is 1. The molecule has 0 atom stereocenters. The van der Waals surface area contributed by atoms with Gasteiger partial charge in [-0.1, -0.05) is 60.7 Å². The van der Waals surface area contributed by atoms with E-state index in [4.69, 9.17) is 5.10 Å². The standard InChI is InChI=1S/C24H24N2O/c27-24(19-9-5-2-6-10-19)23(18-7-3-1-4-8-18)26-25-22-20-12-16-11-17(14-20)15-21(22)13-16/h1-10,16-17,20-21H,11-15H2/b25-22?,26-23-.